The molecule has 0 aliphatic carbocycles. The molecule has 0 bridgehead atoms. The number of nitrogens with one attached hydrogen (secondary N) is 1. The molecule has 116 valence electrons. The highest BCUT2D eigenvalue weighted by Crippen LogP contribution is 2.23. The van der Waals surface area contributed by atoms with Crippen LogP contribution in [-0.4, -0.2) is 24.9 Å². The lowest BCUT2D eigenvalue weighted by Crippen LogP contribution is -2.22. The third-order valence-corrected chi connectivity index (χ3v) is 3.70. The van der Waals surface area contributed by atoms with Crippen LogP contribution in [0.4, 0.5) is 0 Å². The fourth-order valence-corrected chi connectivity index (χ4v) is 2.45. The summed E-state index contributed by atoms with van der Waals surface area (Å²) in [6, 6.07) is 11.2. The molecule has 0 spiro atoms. The Kier molecular flexibility index (Phi) is 5.78. The van der Waals surface area contributed by atoms with Gasteiger partial charge in [-0.1, -0.05) is 30.3 Å². The molecule has 0 saturated carbocycles. The van der Waals surface area contributed by atoms with Gasteiger partial charge in [0.1, 0.15) is 0 Å². The molecule has 0 aliphatic rings. The number of ether oxygens (including phenoxy) is 1. The van der Waals surface area contributed by atoms with Crippen molar-refractivity contribution in [3.05, 3.63) is 47.5 Å². The molecule has 0 radical (unpaired) electrons. The number of alkyl halides is 1. The number of methoxy groups -OCH3 is 1. The summed E-state index contributed by atoms with van der Waals surface area (Å²) in [5.41, 5.74) is 1.48. The highest BCUT2D eigenvalue weighted by atomic mass is 35.5. The van der Waals surface area contributed by atoms with Crippen molar-refractivity contribution >= 4 is 34.2 Å². The summed E-state index contributed by atoms with van der Waals surface area (Å²) in [7, 11) is 1.36. The normalized spacial score (nSPS) is 10.5. The second kappa shape index (κ2) is 7.80. The Balaban J connectivity index is 2.25. The van der Waals surface area contributed by atoms with Gasteiger partial charge in [0.05, 0.1) is 12.7 Å². The van der Waals surface area contributed by atoms with E-state index >= 15 is 0 Å². The van der Waals surface area contributed by atoms with Gasteiger partial charge in [0.15, 0.2) is 0 Å². The lowest BCUT2D eigenvalue weighted by Gasteiger charge is -2.11. The molecule has 4 nitrogen and oxygen atoms in total. The topological polar surface area (TPSA) is 55.4 Å². The third-order valence-electron chi connectivity index (χ3n) is 3.43. The average molecular weight is 320 g/mol. The van der Waals surface area contributed by atoms with Crippen LogP contribution in [0.2, 0.25) is 0 Å². The van der Waals surface area contributed by atoms with Gasteiger partial charge in [-0.3, -0.25) is 4.79 Å². The van der Waals surface area contributed by atoms with Gasteiger partial charge in [-0.15, -0.1) is 11.6 Å². The molecule has 22 heavy (non-hydrogen) atoms. The maximum Gasteiger partial charge on any atom is 0.338 e. The molecule has 1 N–H and O–H groups in total. The van der Waals surface area contributed by atoms with E-state index in [-0.39, 0.29) is 11.9 Å². The first-order valence-electron chi connectivity index (χ1n) is 7.09. The van der Waals surface area contributed by atoms with E-state index in [1.54, 1.807) is 6.07 Å². The second-order valence-electron chi connectivity index (χ2n) is 4.88. The molecule has 0 atom stereocenters. The minimum Gasteiger partial charge on any atom is -0.465 e. The van der Waals surface area contributed by atoms with E-state index in [4.69, 9.17) is 16.3 Å². The molecule has 0 heterocycles. The van der Waals surface area contributed by atoms with Crippen LogP contribution in [0.3, 0.4) is 0 Å². The van der Waals surface area contributed by atoms with Gasteiger partial charge in [-0.2, -0.15) is 0 Å². The number of halogens is 1. The molecule has 0 fully saturated rings. The van der Waals surface area contributed by atoms with Crippen LogP contribution >= 0.6 is 11.6 Å². The van der Waals surface area contributed by atoms with Crippen molar-refractivity contribution in [1.29, 1.82) is 0 Å². The van der Waals surface area contributed by atoms with Crippen molar-refractivity contribution in [1.82, 2.24) is 5.32 Å². The number of esters is 1. The summed E-state index contributed by atoms with van der Waals surface area (Å²) in [5, 5.41) is 4.63. The van der Waals surface area contributed by atoms with Crippen molar-refractivity contribution in [2.75, 3.05) is 13.0 Å². The molecule has 0 aromatic heterocycles. The molecule has 2 aromatic carbocycles. The molecule has 0 aliphatic heterocycles. The molecule has 0 saturated heterocycles. The lowest BCUT2D eigenvalue weighted by molar-refractivity contribution is -0.121. The SMILES string of the molecule is COC(=O)c1ccc(CNC(=O)CCCCl)c2ccccc12. The van der Waals surface area contributed by atoms with Crippen molar-refractivity contribution < 1.29 is 14.3 Å². The molecule has 2 rings (SSSR count). The summed E-state index contributed by atoms with van der Waals surface area (Å²) in [6.45, 7) is 0.420. The Morgan fingerprint density at radius 2 is 1.86 bits per heavy atom. The standard InChI is InChI=1S/C17H18ClNO3/c1-22-17(21)15-9-8-12(11-19-16(20)7-4-10-18)13-5-2-3-6-14(13)15/h2-3,5-6,8-9H,4,7,10-11H2,1H3,(H,19,20). The number of benzene rings is 2. The van der Waals surface area contributed by atoms with Crippen LogP contribution in [0.5, 0.6) is 0 Å². The smallest absolute Gasteiger partial charge is 0.338 e. The first-order chi connectivity index (χ1) is 10.7. The van der Waals surface area contributed by atoms with E-state index in [0.29, 0.717) is 30.8 Å². The molecular weight excluding hydrogens is 302 g/mol. The number of amides is 1. The van der Waals surface area contributed by atoms with Crippen LogP contribution in [-0.2, 0) is 16.1 Å². The van der Waals surface area contributed by atoms with Crippen molar-refractivity contribution in [2.24, 2.45) is 0 Å². The van der Waals surface area contributed by atoms with Gasteiger partial charge in [0.25, 0.3) is 0 Å². The van der Waals surface area contributed by atoms with E-state index in [2.05, 4.69) is 5.32 Å². The zero-order valence-corrected chi connectivity index (χ0v) is 13.2. The summed E-state index contributed by atoms with van der Waals surface area (Å²) in [6.07, 6.45) is 1.08. The molecule has 2 aromatic rings. The highest BCUT2D eigenvalue weighted by molar-refractivity contribution is 6.17. The Hall–Kier alpha value is -2.07. The third kappa shape index (κ3) is 3.77. The zero-order valence-electron chi connectivity index (χ0n) is 12.4. The monoisotopic (exact) mass is 319 g/mol. The Labute approximate surface area is 134 Å². The number of carbonyl (C=O) groups excluding carboxylic acids is 2. The van der Waals surface area contributed by atoms with Gasteiger partial charge in [0.2, 0.25) is 5.91 Å². The van der Waals surface area contributed by atoms with E-state index in [1.807, 2.05) is 30.3 Å². The van der Waals surface area contributed by atoms with E-state index in [0.717, 1.165) is 16.3 Å². The van der Waals surface area contributed by atoms with Gasteiger partial charge in [-0.25, -0.2) is 4.79 Å². The highest BCUT2D eigenvalue weighted by Gasteiger charge is 2.12. The predicted octanol–water partition coefficient (Wildman–Crippen LogP) is 3.26. The maximum atomic E-state index is 11.8. The van der Waals surface area contributed by atoms with Crippen molar-refractivity contribution in [2.45, 2.75) is 19.4 Å². The van der Waals surface area contributed by atoms with E-state index in [9.17, 15) is 9.59 Å². The summed E-state index contributed by atoms with van der Waals surface area (Å²) in [4.78, 5) is 23.5. The second-order valence-corrected chi connectivity index (χ2v) is 5.26. The Morgan fingerprint density at radius 1 is 1.14 bits per heavy atom. The van der Waals surface area contributed by atoms with Gasteiger partial charge >= 0.3 is 5.97 Å². The van der Waals surface area contributed by atoms with Crippen LogP contribution in [0.15, 0.2) is 36.4 Å². The molecular formula is C17H18ClNO3. The average Bonchev–Trinajstić information content (AvgIpc) is 2.57. The minimum atomic E-state index is -0.367. The summed E-state index contributed by atoms with van der Waals surface area (Å²) in [5.74, 6) is 0.0835. The Bertz CT molecular complexity index is 685. The molecule has 1 amide bonds. The number of carbonyl (C=O) groups is 2. The van der Waals surface area contributed by atoms with E-state index < -0.39 is 0 Å². The van der Waals surface area contributed by atoms with E-state index in [1.165, 1.54) is 7.11 Å². The zero-order chi connectivity index (χ0) is 15.9. The Morgan fingerprint density at radius 3 is 2.55 bits per heavy atom. The lowest BCUT2D eigenvalue weighted by atomic mass is 9.99. The van der Waals surface area contributed by atoms with Crippen LogP contribution < -0.4 is 5.32 Å². The van der Waals surface area contributed by atoms with Crippen molar-refractivity contribution in [3.63, 3.8) is 0 Å². The van der Waals surface area contributed by atoms with Gasteiger partial charge < -0.3 is 10.1 Å². The minimum absolute atomic E-state index is 0.0261. The largest absolute Gasteiger partial charge is 0.465 e. The van der Waals surface area contributed by atoms with Crippen molar-refractivity contribution in [3.8, 4) is 0 Å². The molecule has 0 unspecified atom stereocenters. The fourth-order valence-electron chi connectivity index (χ4n) is 2.31. The quantitative estimate of drug-likeness (QED) is 0.657. The van der Waals surface area contributed by atoms with Gasteiger partial charge in [-0.05, 0) is 28.8 Å². The summed E-state index contributed by atoms with van der Waals surface area (Å²) >= 11 is 5.58. The number of hydrogen-bond donors (Lipinski definition) is 1. The maximum absolute atomic E-state index is 11.8. The fraction of sp³-hybridized carbons (Fsp3) is 0.294. The summed E-state index contributed by atoms with van der Waals surface area (Å²) < 4.78 is 4.81. The van der Waals surface area contributed by atoms with Crippen LogP contribution in [0, 0.1) is 0 Å². The van der Waals surface area contributed by atoms with Crippen LogP contribution in [0.25, 0.3) is 10.8 Å². The number of hydrogen-bond acceptors (Lipinski definition) is 3. The number of fused-ring (bicyclic) bond motifs is 1. The number of rotatable bonds is 6. The molecule has 5 heteroatoms. The predicted molar refractivity (Wildman–Crippen MR) is 87.1 cm³/mol. The van der Waals surface area contributed by atoms with Gasteiger partial charge in [0, 0.05) is 18.8 Å². The first kappa shape index (κ1) is 16.3. The van der Waals surface area contributed by atoms with Crippen LogP contribution in [0.1, 0.15) is 28.8 Å². The first-order valence-corrected chi connectivity index (χ1v) is 7.62.